The SMILES string of the molecule is CC(C)(C)OC(=O)NCC1O[C@H](O[C@@H]2C(NC(=O)OC(C)(C)C)C[C@@H](NC(=O)CN=[N+]=[N-])[C@@H](O[C@H]3OC(CO)[C@@H](O)[C@@H](NC(=O)C(F)(F)F)C3O)C2O)[C@@H](O)C(O)[C@@H]1O. The molecular formula is C32H52F3N7O17. The minimum absolute atomic E-state index is 0.529. The Balaban J connectivity index is 2.04. The molecule has 4 amide bonds. The molecule has 0 bridgehead atoms. The summed E-state index contributed by atoms with van der Waals surface area (Å²) < 4.78 is 72.9. The van der Waals surface area contributed by atoms with E-state index >= 15 is 0 Å². The highest BCUT2D eigenvalue weighted by Crippen LogP contribution is 2.33. The van der Waals surface area contributed by atoms with Crippen LogP contribution in [0.2, 0.25) is 0 Å². The van der Waals surface area contributed by atoms with Crippen LogP contribution in [0.4, 0.5) is 22.8 Å². The van der Waals surface area contributed by atoms with Crippen LogP contribution in [0.3, 0.4) is 0 Å². The van der Waals surface area contributed by atoms with E-state index in [2.05, 4.69) is 26.0 Å². The lowest BCUT2D eigenvalue weighted by molar-refractivity contribution is -0.334. The highest BCUT2D eigenvalue weighted by atomic mass is 19.4. The molecule has 6 unspecified atom stereocenters. The second-order valence-electron chi connectivity index (χ2n) is 15.8. The van der Waals surface area contributed by atoms with Crippen molar-refractivity contribution in [3.05, 3.63) is 10.4 Å². The van der Waals surface area contributed by atoms with Gasteiger partial charge in [-0.2, -0.15) is 13.2 Å². The number of amides is 4. The van der Waals surface area contributed by atoms with Crippen molar-refractivity contribution in [1.29, 1.82) is 0 Å². The molecule has 0 radical (unpaired) electrons. The Morgan fingerprint density at radius 3 is 1.78 bits per heavy atom. The van der Waals surface area contributed by atoms with Gasteiger partial charge >= 0.3 is 24.3 Å². The van der Waals surface area contributed by atoms with Gasteiger partial charge in [-0.15, -0.1) is 0 Å². The quantitative estimate of drug-likeness (QED) is 0.0530. The Kier molecular flexibility index (Phi) is 16.9. The number of hydrogen-bond donors (Lipinski definition) is 11. The fraction of sp³-hybridized carbons (Fsp3) is 0.875. The van der Waals surface area contributed by atoms with Crippen molar-refractivity contribution in [2.75, 3.05) is 19.7 Å². The molecule has 0 aromatic heterocycles. The van der Waals surface area contributed by atoms with Crippen LogP contribution >= 0.6 is 0 Å². The van der Waals surface area contributed by atoms with E-state index in [1.165, 1.54) is 26.1 Å². The molecular weight excluding hydrogens is 811 g/mol. The third kappa shape index (κ3) is 13.8. The normalized spacial score (nSPS) is 35.4. The van der Waals surface area contributed by atoms with Gasteiger partial charge in [0.15, 0.2) is 12.6 Å². The number of rotatable bonds is 12. The summed E-state index contributed by atoms with van der Waals surface area (Å²) in [5.74, 6) is -3.60. The second kappa shape index (κ2) is 20.1. The lowest BCUT2D eigenvalue weighted by Crippen LogP contribution is -2.71. The zero-order valence-corrected chi connectivity index (χ0v) is 32.7. The maximum absolute atomic E-state index is 13.2. The number of azide groups is 1. The molecule has 1 aliphatic carbocycles. The average molecular weight is 864 g/mol. The third-order valence-corrected chi connectivity index (χ3v) is 8.84. The van der Waals surface area contributed by atoms with Gasteiger partial charge in [0.05, 0.1) is 24.7 Å². The van der Waals surface area contributed by atoms with Crippen LogP contribution in [0.25, 0.3) is 10.4 Å². The van der Waals surface area contributed by atoms with Gasteiger partial charge in [-0.25, -0.2) is 9.59 Å². The van der Waals surface area contributed by atoms with Gasteiger partial charge < -0.3 is 85.4 Å². The molecule has 3 fully saturated rings. The highest BCUT2D eigenvalue weighted by Gasteiger charge is 2.55. The minimum Gasteiger partial charge on any atom is -0.444 e. The summed E-state index contributed by atoms with van der Waals surface area (Å²) in [6, 6.07) is -5.22. The smallest absolute Gasteiger partial charge is 0.444 e. The van der Waals surface area contributed by atoms with E-state index in [1.807, 2.05) is 0 Å². The zero-order chi connectivity index (χ0) is 44.8. The van der Waals surface area contributed by atoms with E-state index in [1.54, 1.807) is 20.8 Å². The van der Waals surface area contributed by atoms with Crippen molar-refractivity contribution in [1.82, 2.24) is 21.3 Å². The average Bonchev–Trinajstić information content (AvgIpc) is 3.10. The number of nitrogens with one attached hydrogen (secondary N) is 4. The van der Waals surface area contributed by atoms with Gasteiger partial charge in [0, 0.05) is 11.5 Å². The summed E-state index contributed by atoms with van der Waals surface area (Å²) in [5, 5.41) is 87.4. The molecule has 15 atom stereocenters. The van der Waals surface area contributed by atoms with Crippen molar-refractivity contribution in [2.45, 2.75) is 157 Å². The standard InChI is InChI=1S/C32H52F3N7O17/c1-30(2,3)58-28(52)37-8-13-18(46)20(48)21(49)26(54-13)57-24-12(40-29(53)59-31(4,5)6)7-11(39-15(44)9-38-42-36)23(22(24)50)56-25-19(47)16(17(45)14(10-43)55-25)41-27(51)32(33,34)35/h11-14,16-26,43,45-50H,7-10H2,1-6H3,(H,37,52)(H,39,44)(H,40,53)(H,41,51)/t11-,12?,13?,14?,16-,17-,18-,19?,20?,21+,22?,23-,24-,25-,26-/m1/s1. The molecule has 0 aromatic carbocycles. The molecule has 0 spiro atoms. The van der Waals surface area contributed by atoms with E-state index in [-0.39, 0.29) is 0 Å². The van der Waals surface area contributed by atoms with Gasteiger partial charge in [0.2, 0.25) is 5.91 Å². The summed E-state index contributed by atoms with van der Waals surface area (Å²) in [6.45, 7) is 6.81. The molecule has 3 rings (SSSR count). The van der Waals surface area contributed by atoms with Crippen LogP contribution in [-0.2, 0) is 38.0 Å². The minimum atomic E-state index is -5.50. The van der Waals surface area contributed by atoms with Crippen LogP contribution in [0.1, 0.15) is 48.0 Å². The maximum Gasteiger partial charge on any atom is 0.471 e. The largest absolute Gasteiger partial charge is 0.471 e. The van der Waals surface area contributed by atoms with Crippen LogP contribution in [0.15, 0.2) is 5.11 Å². The number of aliphatic hydroxyl groups is 7. The molecule has 1 saturated carbocycles. The molecule has 27 heteroatoms. The van der Waals surface area contributed by atoms with Crippen molar-refractivity contribution >= 4 is 24.0 Å². The first-order valence-electron chi connectivity index (χ1n) is 18.1. The predicted molar refractivity (Wildman–Crippen MR) is 186 cm³/mol. The number of ether oxygens (including phenoxy) is 6. The number of carbonyl (C=O) groups is 4. The van der Waals surface area contributed by atoms with Gasteiger partial charge in [-0.3, -0.25) is 9.59 Å². The topological polar surface area (TPSA) is 362 Å². The Morgan fingerprint density at radius 2 is 1.25 bits per heavy atom. The number of alkyl carbamates (subject to hydrolysis) is 2. The summed E-state index contributed by atoms with van der Waals surface area (Å²) in [5.41, 5.74) is 6.70. The fourth-order valence-corrected chi connectivity index (χ4v) is 6.25. The van der Waals surface area contributed by atoms with Crippen LogP contribution in [0.5, 0.6) is 0 Å². The predicted octanol–water partition coefficient (Wildman–Crippen LogP) is -2.97. The molecule has 11 N–H and O–H groups in total. The molecule has 2 heterocycles. The maximum atomic E-state index is 13.2. The Bertz CT molecular complexity index is 1510. The monoisotopic (exact) mass is 863 g/mol. The number of halogens is 3. The van der Waals surface area contributed by atoms with Crippen molar-refractivity contribution < 1.29 is 96.5 Å². The number of aliphatic hydroxyl groups excluding tert-OH is 7. The van der Waals surface area contributed by atoms with Crippen LogP contribution in [-0.4, -0.2) is 189 Å². The Labute approximate surface area is 334 Å². The number of hydrogen-bond acceptors (Lipinski definition) is 18. The number of nitrogens with zero attached hydrogens (tertiary/aromatic N) is 3. The first-order chi connectivity index (χ1) is 27.2. The molecule has 0 aromatic rings. The van der Waals surface area contributed by atoms with Gasteiger partial charge in [0.1, 0.15) is 78.8 Å². The first-order valence-corrected chi connectivity index (χ1v) is 18.1. The molecule has 24 nitrogen and oxygen atoms in total. The zero-order valence-electron chi connectivity index (χ0n) is 32.7. The summed E-state index contributed by atoms with van der Waals surface area (Å²) in [7, 11) is 0. The van der Waals surface area contributed by atoms with Gasteiger partial charge in [-0.05, 0) is 53.5 Å². The summed E-state index contributed by atoms with van der Waals surface area (Å²) in [4.78, 5) is 52.5. The molecule has 59 heavy (non-hydrogen) atoms. The fourth-order valence-electron chi connectivity index (χ4n) is 6.25. The van der Waals surface area contributed by atoms with Gasteiger partial charge in [0.25, 0.3) is 0 Å². The molecule has 3 aliphatic rings. The van der Waals surface area contributed by atoms with E-state index < -0.39 is 159 Å². The van der Waals surface area contributed by atoms with E-state index in [9.17, 15) is 68.1 Å². The lowest BCUT2D eigenvalue weighted by atomic mass is 9.83. The summed E-state index contributed by atoms with van der Waals surface area (Å²) in [6.07, 6.45) is -32.1. The van der Waals surface area contributed by atoms with Crippen LogP contribution < -0.4 is 21.3 Å². The molecule has 338 valence electrons. The van der Waals surface area contributed by atoms with Crippen molar-refractivity contribution in [3.8, 4) is 0 Å². The molecule has 2 saturated heterocycles. The Morgan fingerprint density at radius 1 is 0.729 bits per heavy atom. The van der Waals surface area contributed by atoms with Crippen LogP contribution in [0, 0.1) is 0 Å². The van der Waals surface area contributed by atoms with E-state index in [4.69, 9.17) is 34.0 Å². The van der Waals surface area contributed by atoms with Crippen molar-refractivity contribution in [2.24, 2.45) is 5.11 Å². The van der Waals surface area contributed by atoms with Gasteiger partial charge in [-0.1, -0.05) is 5.11 Å². The first kappa shape index (κ1) is 49.5. The number of alkyl halides is 3. The Hall–Kier alpha value is -3.86. The van der Waals surface area contributed by atoms with E-state index in [0.29, 0.717) is 0 Å². The highest BCUT2D eigenvalue weighted by molar-refractivity contribution is 5.82. The summed E-state index contributed by atoms with van der Waals surface area (Å²) >= 11 is 0. The number of carbonyl (C=O) groups excluding carboxylic acids is 4. The third-order valence-electron chi connectivity index (χ3n) is 8.84. The molecule has 2 aliphatic heterocycles. The van der Waals surface area contributed by atoms with E-state index in [0.717, 1.165) is 0 Å². The van der Waals surface area contributed by atoms with Crippen molar-refractivity contribution in [3.63, 3.8) is 0 Å². The lowest BCUT2D eigenvalue weighted by Gasteiger charge is -2.49. The second-order valence-corrected chi connectivity index (χ2v) is 15.8.